The molecule has 0 amide bonds. The van der Waals surface area contributed by atoms with Gasteiger partial charge in [-0.15, -0.1) is 0 Å². The number of anilines is 1. The fourth-order valence-corrected chi connectivity index (χ4v) is 3.09. The zero-order valence-electron chi connectivity index (χ0n) is 9.57. The molecule has 0 aliphatic heterocycles. The van der Waals surface area contributed by atoms with Crippen LogP contribution < -0.4 is 4.72 Å². The Labute approximate surface area is 133 Å². The van der Waals surface area contributed by atoms with Gasteiger partial charge in [0, 0.05) is 5.02 Å². The molecule has 1 heterocycles. The zero-order valence-corrected chi connectivity index (χ0v) is 13.5. The van der Waals surface area contributed by atoms with E-state index in [2.05, 4.69) is 25.6 Å². The summed E-state index contributed by atoms with van der Waals surface area (Å²) in [6, 6.07) is 4.71. The SMILES string of the molecule is O=S(=O)(Nc1cnc(Cl)c(Br)c1)c1ccc(Cl)cc1F. The van der Waals surface area contributed by atoms with E-state index in [1.54, 1.807) is 0 Å². The van der Waals surface area contributed by atoms with Crippen LogP contribution in [0.5, 0.6) is 0 Å². The van der Waals surface area contributed by atoms with Crippen LogP contribution in [-0.4, -0.2) is 13.4 Å². The highest BCUT2D eigenvalue weighted by Gasteiger charge is 2.19. The number of pyridine rings is 1. The number of sulfonamides is 1. The molecule has 0 unspecified atom stereocenters. The Hall–Kier alpha value is -0.890. The molecule has 0 atom stereocenters. The molecule has 4 nitrogen and oxygen atoms in total. The van der Waals surface area contributed by atoms with E-state index >= 15 is 0 Å². The van der Waals surface area contributed by atoms with Crippen molar-refractivity contribution in [2.24, 2.45) is 0 Å². The number of rotatable bonds is 3. The van der Waals surface area contributed by atoms with Gasteiger partial charge in [-0.25, -0.2) is 17.8 Å². The van der Waals surface area contributed by atoms with Gasteiger partial charge < -0.3 is 0 Å². The molecule has 1 N–H and O–H groups in total. The van der Waals surface area contributed by atoms with Crippen molar-refractivity contribution in [1.29, 1.82) is 0 Å². The lowest BCUT2D eigenvalue weighted by Gasteiger charge is -2.09. The molecule has 9 heteroatoms. The molecule has 0 saturated heterocycles. The number of halogens is 4. The van der Waals surface area contributed by atoms with Crippen molar-refractivity contribution in [3.63, 3.8) is 0 Å². The molecule has 2 aromatic rings. The summed E-state index contributed by atoms with van der Waals surface area (Å²) in [5.74, 6) is -0.939. The number of hydrogen-bond acceptors (Lipinski definition) is 3. The minimum Gasteiger partial charge on any atom is -0.278 e. The van der Waals surface area contributed by atoms with Crippen molar-refractivity contribution >= 4 is 54.8 Å². The Morgan fingerprint density at radius 3 is 2.55 bits per heavy atom. The van der Waals surface area contributed by atoms with Crippen molar-refractivity contribution in [3.8, 4) is 0 Å². The predicted molar refractivity (Wildman–Crippen MR) is 79.2 cm³/mol. The largest absolute Gasteiger partial charge is 0.278 e. The highest BCUT2D eigenvalue weighted by molar-refractivity contribution is 9.10. The Bertz CT molecular complexity index is 771. The molecule has 20 heavy (non-hydrogen) atoms. The summed E-state index contributed by atoms with van der Waals surface area (Å²) in [4.78, 5) is 3.26. The highest BCUT2D eigenvalue weighted by Crippen LogP contribution is 2.26. The smallest absolute Gasteiger partial charge is 0.264 e. The van der Waals surface area contributed by atoms with Gasteiger partial charge in [-0.05, 0) is 40.2 Å². The van der Waals surface area contributed by atoms with E-state index in [4.69, 9.17) is 23.2 Å². The van der Waals surface area contributed by atoms with Crippen LogP contribution in [0.15, 0.2) is 39.8 Å². The van der Waals surface area contributed by atoms with Crippen LogP contribution in [0.1, 0.15) is 0 Å². The van der Waals surface area contributed by atoms with Crippen LogP contribution in [-0.2, 0) is 10.0 Å². The molecule has 0 spiro atoms. The average Bonchev–Trinajstić information content (AvgIpc) is 2.33. The first kappa shape index (κ1) is 15.5. The maximum atomic E-state index is 13.6. The Kier molecular flexibility index (Phi) is 4.53. The van der Waals surface area contributed by atoms with Crippen molar-refractivity contribution < 1.29 is 12.8 Å². The van der Waals surface area contributed by atoms with Gasteiger partial charge in [0.15, 0.2) is 0 Å². The highest BCUT2D eigenvalue weighted by atomic mass is 79.9. The number of hydrogen-bond donors (Lipinski definition) is 1. The fourth-order valence-electron chi connectivity index (χ4n) is 1.38. The standard InChI is InChI=1S/C11H6BrCl2FN2O2S/c12-8-4-7(5-16-11(8)14)17-20(18,19)10-2-1-6(13)3-9(10)15/h1-5,17H. The zero-order chi connectivity index (χ0) is 14.9. The monoisotopic (exact) mass is 398 g/mol. The maximum Gasteiger partial charge on any atom is 0.264 e. The van der Waals surface area contributed by atoms with E-state index in [1.165, 1.54) is 18.3 Å². The second-order valence-corrected chi connectivity index (χ2v) is 6.98. The van der Waals surface area contributed by atoms with E-state index in [0.29, 0.717) is 4.47 Å². The minimum atomic E-state index is -4.08. The van der Waals surface area contributed by atoms with Crippen LogP contribution in [0.25, 0.3) is 0 Å². The van der Waals surface area contributed by atoms with E-state index in [9.17, 15) is 12.8 Å². The molecule has 0 bridgehead atoms. The number of benzene rings is 1. The molecule has 0 radical (unpaired) electrons. The van der Waals surface area contributed by atoms with E-state index in [-0.39, 0.29) is 15.9 Å². The first-order chi connectivity index (χ1) is 9.29. The Morgan fingerprint density at radius 1 is 1.25 bits per heavy atom. The Morgan fingerprint density at radius 2 is 1.95 bits per heavy atom. The topological polar surface area (TPSA) is 59.1 Å². The van der Waals surface area contributed by atoms with Gasteiger partial charge in [0.2, 0.25) is 0 Å². The van der Waals surface area contributed by atoms with Crippen LogP contribution in [0, 0.1) is 5.82 Å². The van der Waals surface area contributed by atoms with Gasteiger partial charge in [-0.2, -0.15) is 0 Å². The molecule has 0 aliphatic carbocycles. The lowest BCUT2D eigenvalue weighted by Crippen LogP contribution is -2.14. The van der Waals surface area contributed by atoms with Crippen LogP contribution in [0.3, 0.4) is 0 Å². The summed E-state index contributed by atoms with van der Waals surface area (Å²) in [5.41, 5.74) is 0.149. The summed E-state index contributed by atoms with van der Waals surface area (Å²) in [7, 11) is -4.08. The number of nitrogens with zero attached hydrogens (tertiary/aromatic N) is 1. The van der Waals surface area contributed by atoms with Gasteiger partial charge >= 0.3 is 0 Å². The van der Waals surface area contributed by atoms with Gasteiger partial charge in [0.1, 0.15) is 15.9 Å². The third-order valence-electron chi connectivity index (χ3n) is 2.23. The average molecular weight is 400 g/mol. The quantitative estimate of drug-likeness (QED) is 0.790. The van der Waals surface area contributed by atoms with E-state index in [1.807, 2.05) is 0 Å². The van der Waals surface area contributed by atoms with E-state index < -0.39 is 20.7 Å². The Balaban J connectivity index is 2.38. The van der Waals surface area contributed by atoms with Crippen LogP contribution in [0.4, 0.5) is 10.1 Å². The van der Waals surface area contributed by atoms with Crippen LogP contribution in [0.2, 0.25) is 10.2 Å². The molecular weight excluding hydrogens is 394 g/mol. The minimum absolute atomic E-state index is 0.109. The van der Waals surface area contributed by atoms with Gasteiger partial charge in [-0.1, -0.05) is 23.2 Å². The molecule has 1 aromatic heterocycles. The molecule has 106 valence electrons. The summed E-state index contributed by atoms with van der Waals surface area (Å²) < 4.78 is 40.4. The van der Waals surface area contributed by atoms with Crippen LogP contribution >= 0.6 is 39.1 Å². The molecule has 0 aliphatic rings. The molecule has 0 saturated carbocycles. The van der Waals surface area contributed by atoms with Crippen molar-refractivity contribution in [1.82, 2.24) is 4.98 Å². The summed E-state index contributed by atoms with van der Waals surface area (Å²) in [6.07, 6.45) is 1.22. The first-order valence-corrected chi connectivity index (χ1v) is 8.12. The maximum absolute atomic E-state index is 13.6. The summed E-state index contributed by atoms with van der Waals surface area (Å²) >= 11 is 14.4. The lowest BCUT2D eigenvalue weighted by molar-refractivity contribution is 0.570. The summed E-state index contributed by atoms with van der Waals surface area (Å²) in [6.45, 7) is 0. The normalized spacial score (nSPS) is 11.4. The molecule has 1 aromatic carbocycles. The first-order valence-electron chi connectivity index (χ1n) is 5.08. The summed E-state index contributed by atoms with van der Waals surface area (Å²) in [5, 5.41) is 0.294. The van der Waals surface area contributed by atoms with Crippen molar-refractivity contribution in [2.45, 2.75) is 4.90 Å². The van der Waals surface area contributed by atoms with Gasteiger partial charge in [0.25, 0.3) is 10.0 Å². The molecule has 0 fully saturated rings. The molecular formula is C11H6BrCl2FN2O2S. The second kappa shape index (κ2) is 5.85. The second-order valence-electron chi connectivity index (χ2n) is 3.68. The van der Waals surface area contributed by atoms with E-state index in [0.717, 1.165) is 12.1 Å². The lowest BCUT2D eigenvalue weighted by atomic mass is 10.3. The van der Waals surface area contributed by atoms with Crippen molar-refractivity contribution in [2.75, 3.05) is 4.72 Å². The third kappa shape index (κ3) is 3.41. The third-order valence-corrected chi connectivity index (χ3v) is 5.02. The van der Waals surface area contributed by atoms with Crippen molar-refractivity contribution in [3.05, 3.63) is 50.9 Å². The number of nitrogens with one attached hydrogen (secondary N) is 1. The van der Waals surface area contributed by atoms with Gasteiger partial charge in [-0.3, -0.25) is 4.72 Å². The number of aromatic nitrogens is 1. The van der Waals surface area contributed by atoms with Gasteiger partial charge in [0.05, 0.1) is 16.4 Å². The molecule has 2 rings (SSSR count). The predicted octanol–water partition coefficient (Wildman–Crippen LogP) is 4.09. The fraction of sp³-hybridized carbons (Fsp3) is 0.